The highest BCUT2D eigenvalue weighted by molar-refractivity contribution is 6.06. The van der Waals surface area contributed by atoms with Crippen molar-refractivity contribution in [1.82, 2.24) is 15.4 Å². The van der Waals surface area contributed by atoms with Gasteiger partial charge in [-0.1, -0.05) is 48.5 Å². The first kappa shape index (κ1) is 26.0. The van der Waals surface area contributed by atoms with Gasteiger partial charge in [-0.05, 0) is 35.6 Å². The van der Waals surface area contributed by atoms with Crippen LogP contribution in [0.4, 0.5) is 5.82 Å². The number of fused-ring (bicyclic) bond motifs is 1. The van der Waals surface area contributed by atoms with Crippen molar-refractivity contribution >= 4 is 47.4 Å². The summed E-state index contributed by atoms with van der Waals surface area (Å²) in [5, 5.41) is 18.6. The van der Waals surface area contributed by atoms with Crippen molar-refractivity contribution in [1.29, 1.82) is 0 Å². The van der Waals surface area contributed by atoms with Crippen LogP contribution in [0.3, 0.4) is 0 Å². The van der Waals surface area contributed by atoms with E-state index >= 15 is 0 Å². The Morgan fingerprint density at radius 1 is 0.939 bits per heavy atom. The number of carbonyl (C=O) groups excluding carboxylic acids is 1. The van der Waals surface area contributed by atoms with E-state index in [0.717, 1.165) is 29.5 Å². The first-order valence-electron chi connectivity index (χ1n) is 9.90. The molecule has 0 radical (unpaired) electrons. The number of nitrogens with one attached hydrogen (secondary N) is 1. The number of pyridine rings is 2. The van der Waals surface area contributed by atoms with Crippen LogP contribution < -0.4 is 11.2 Å². The minimum Gasteiger partial charge on any atom is -0.396 e. The van der Waals surface area contributed by atoms with E-state index in [1.54, 1.807) is 17.6 Å². The number of aliphatic hydroxyl groups is 1. The minimum absolute atomic E-state index is 0. The Morgan fingerprint density at radius 3 is 2.15 bits per heavy atom. The number of aliphatic hydroxyl groups excluding tert-OH is 1. The number of anilines is 1. The third-order valence-electron chi connectivity index (χ3n) is 5.15. The number of benzene rings is 2. The number of aryl methyl sites for hydroxylation is 1. The maximum Gasteiger partial charge on any atom is 0.275 e. The quantitative estimate of drug-likeness (QED) is 0.236. The third kappa shape index (κ3) is 5.77. The van der Waals surface area contributed by atoms with Crippen molar-refractivity contribution in [3.63, 3.8) is 0 Å². The molecule has 4 rings (SSSR count). The van der Waals surface area contributed by atoms with E-state index in [1.165, 1.54) is 11.8 Å². The zero-order chi connectivity index (χ0) is 21.8. The van der Waals surface area contributed by atoms with E-state index < -0.39 is 5.91 Å². The average molecular weight is 487 g/mol. The Hall–Kier alpha value is -3.23. The van der Waals surface area contributed by atoms with Gasteiger partial charge in [0, 0.05) is 29.8 Å². The van der Waals surface area contributed by atoms with Gasteiger partial charge in [-0.3, -0.25) is 10.0 Å². The van der Waals surface area contributed by atoms with Gasteiger partial charge in [-0.25, -0.2) is 15.4 Å². The third-order valence-corrected chi connectivity index (χ3v) is 5.15. The molecule has 33 heavy (non-hydrogen) atoms. The molecule has 0 fully saturated rings. The normalized spacial score (nSPS) is 10.2. The number of hydrogen-bond donors (Lipinski definition) is 4. The fraction of sp³-hybridized carbons (Fsp3) is 0.125. The molecule has 0 aliphatic rings. The molecule has 0 atom stereocenters. The van der Waals surface area contributed by atoms with Crippen LogP contribution in [-0.4, -0.2) is 32.8 Å². The van der Waals surface area contributed by atoms with Crippen molar-refractivity contribution < 1.29 is 15.1 Å². The first-order valence-corrected chi connectivity index (χ1v) is 9.90. The second kappa shape index (κ2) is 11.6. The number of nitrogens with zero attached hydrogens (tertiary/aromatic N) is 2. The highest BCUT2D eigenvalue weighted by Crippen LogP contribution is 2.28. The SMILES string of the molecule is Cl.Cl.Nc1cc2nc(-c3ccc(-c4ccc(CCCO)cc4)cc3)cc(C(=O)NO)c2cn1. The summed E-state index contributed by atoms with van der Waals surface area (Å²) in [4.78, 5) is 20.8. The molecular weight excluding hydrogens is 463 g/mol. The molecule has 0 saturated carbocycles. The Morgan fingerprint density at radius 2 is 1.55 bits per heavy atom. The molecule has 0 aliphatic carbocycles. The second-order valence-electron chi connectivity index (χ2n) is 7.22. The monoisotopic (exact) mass is 486 g/mol. The number of aromatic nitrogens is 2. The van der Waals surface area contributed by atoms with Gasteiger partial charge in [0.15, 0.2) is 0 Å². The summed E-state index contributed by atoms with van der Waals surface area (Å²) < 4.78 is 0. The van der Waals surface area contributed by atoms with Crippen LogP contribution in [0.25, 0.3) is 33.3 Å². The van der Waals surface area contributed by atoms with E-state index in [0.29, 0.717) is 22.4 Å². The Balaban J connectivity index is 0.00000193. The van der Waals surface area contributed by atoms with E-state index in [1.807, 2.05) is 24.3 Å². The van der Waals surface area contributed by atoms with Gasteiger partial charge in [0.05, 0.1) is 16.8 Å². The fourth-order valence-electron chi connectivity index (χ4n) is 3.51. The number of amides is 1. The molecule has 4 aromatic rings. The van der Waals surface area contributed by atoms with Crippen LogP contribution in [0.1, 0.15) is 22.3 Å². The van der Waals surface area contributed by atoms with Crippen LogP contribution in [0.5, 0.6) is 0 Å². The number of nitrogen functional groups attached to an aromatic ring is 1. The minimum atomic E-state index is -0.641. The first-order chi connectivity index (χ1) is 15.1. The summed E-state index contributed by atoms with van der Waals surface area (Å²) in [7, 11) is 0. The van der Waals surface area contributed by atoms with E-state index in [2.05, 4.69) is 34.2 Å². The van der Waals surface area contributed by atoms with E-state index in [-0.39, 0.29) is 37.0 Å². The lowest BCUT2D eigenvalue weighted by atomic mass is 9.99. The van der Waals surface area contributed by atoms with Gasteiger partial charge >= 0.3 is 0 Å². The lowest BCUT2D eigenvalue weighted by Crippen LogP contribution is -2.19. The maximum atomic E-state index is 12.2. The van der Waals surface area contributed by atoms with Crippen LogP contribution in [0, 0.1) is 0 Å². The molecule has 5 N–H and O–H groups in total. The molecule has 2 heterocycles. The molecular formula is C24H24Cl2N4O3. The molecule has 172 valence electrons. The number of hydroxylamine groups is 1. The van der Waals surface area contributed by atoms with Gasteiger partial charge in [0.1, 0.15) is 5.82 Å². The Kier molecular flexibility index (Phi) is 9.13. The highest BCUT2D eigenvalue weighted by Gasteiger charge is 2.14. The van der Waals surface area contributed by atoms with Gasteiger partial charge in [0.2, 0.25) is 0 Å². The molecule has 7 nitrogen and oxygen atoms in total. The summed E-state index contributed by atoms with van der Waals surface area (Å²) in [5.41, 5.74) is 13.0. The molecule has 0 bridgehead atoms. The second-order valence-corrected chi connectivity index (χ2v) is 7.22. The highest BCUT2D eigenvalue weighted by atomic mass is 35.5. The summed E-state index contributed by atoms with van der Waals surface area (Å²) >= 11 is 0. The number of halogens is 2. The van der Waals surface area contributed by atoms with Crippen molar-refractivity contribution in [2.75, 3.05) is 12.3 Å². The average Bonchev–Trinajstić information content (AvgIpc) is 2.81. The number of hydrogen-bond acceptors (Lipinski definition) is 6. The summed E-state index contributed by atoms with van der Waals surface area (Å²) in [5.74, 6) is -0.344. The van der Waals surface area contributed by atoms with Crippen LogP contribution in [0.2, 0.25) is 0 Å². The summed E-state index contributed by atoms with van der Waals surface area (Å²) in [6.07, 6.45) is 3.08. The largest absolute Gasteiger partial charge is 0.396 e. The number of rotatable bonds is 6. The standard InChI is InChI=1S/C24H22N4O3.2ClH/c25-23-13-22-20(14-26-23)19(24(30)28-31)12-21(27-22)18-9-7-17(8-10-18)16-5-3-15(4-6-16)2-1-11-29;;/h3-10,12-14,29,31H,1-2,11H2,(H2,25,26)(H,28,30);2*1H. The van der Waals surface area contributed by atoms with Crippen molar-refractivity contribution in [3.8, 4) is 22.4 Å². The molecule has 0 unspecified atom stereocenters. The zero-order valence-corrected chi connectivity index (χ0v) is 19.2. The van der Waals surface area contributed by atoms with Crippen molar-refractivity contribution in [3.05, 3.63) is 78.0 Å². The molecule has 0 spiro atoms. The van der Waals surface area contributed by atoms with Gasteiger partial charge in [-0.15, -0.1) is 24.8 Å². The van der Waals surface area contributed by atoms with E-state index in [9.17, 15) is 4.79 Å². The van der Waals surface area contributed by atoms with Crippen LogP contribution >= 0.6 is 24.8 Å². The Bertz CT molecular complexity index is 1230. The number of carbonyl (C=O) groups is 1. The lowest BCUT2D eigenvalue weighted by molar-refractivity contribution is 0.0708. The van der Waals surface area contributed by atoms with Crippen molar-refractivity contribution in [2.45, 2.75) is 12.8 Å². The Labute approximate surface area is 203 Å². The number of nitrogens with two attached hydrogens (primary N) is 1. The van der Waals surface area contributed by atoms with Gasteiger partial charge < -0.3 is 10.8 Å². The molecule has 2 aromatic carbocycles. The van der Waals surface area contributed by atoms with Crippen LogP contribution in [-0.2, 0) is 6.42 Å². The maximum absolute atomic E-state index is 12.2. The van der Waals surface area contributed by atoms with Crippen molar-refractivity contribution in [2.24, 2.45) is 0 Å². The zero-order valence-electron chi connectivity index (χ0n) is 17.6. The van der Waals surface area contributed by atoms with E-state index in [4.69, 9.17) is 16.0 Å². The van der Waals surface area contributed by atoms with Gasteiger partial charge in [-0.2, -0.15) is 0 Å². The molecule has 0 aliphatic heterocycles. The topological polar surface area (TPSA) is 121 Å². The summed E-state index contributed by atoms with van der Waals surface area (Å²) in [6, 6.07) is 19.4. The molecule has 0 saturated heterocycles. The van der Waals surface area contributed by atoms with Crippen LogP contribution in [0.15, 0.2) is 66.9 Å². The predicted molar refractivity (Wildman–Crippen MR) is 134 cm³/mol. The molecule has 9 heteroatoms. The lowest BCUT2D eigenvalue weighted by Gasteiger charge is -2.10. The smallest absolute Gasteiger partial charge is 0.275 e. The molecule has 1 amide bonds. The summed E-state index contributed by atoms with van der Waals surface area (Å²) in [6.45, 7) is 0.191. The fourth-order valence-corrected chi connectivity index (χ4v) is 3.51. The predicted octanol–water partition coefficient (Wildman–Crippen LogP) is 4.43. The molecule has 2 aromatic heterocycles. The van der Waals surface area contributed by atoms with Gasteiger partial charge in [0.25, 0.3) is 5.91 Å².